The van der Waals surface area contributed by atoms with Gasteiger partial charge in [-0.25, -0.2) is 4.39 Å². The van der Waals surface area contributed by atoms with Crippen LogP contribution in [0.5, 0.6) is 0 Å². The molecule has 29 heavy (non-hydrogen) atoms. The molecule has 2 amide bonds. The lowest BCUT2D eigenvalue weighted by atomic mass is 10.2. The summed E-state index contributed by atoms with van der Waals surface area (Å²) in [5.41, 5.74) is 0.639. The Bertz CT molecular complexity index is 921. The van der Waals surface area contributed by atoms with Gasteiger partial charge < -0.3 is 15.0 Å². The highest BCUT2D eigenvalue weighted by atomic mass is 32.2. The molecule has 1 N–H and O–H groups in total. The molecule has 2 aromatic rings. The van der Waals surface area contributed by atoms with Crippen molar-refractivity contribution in [2.75, 3.05) is 24.6 Å². The Kier molecular flexibility index (Phi) is 6.87. The van der Waals surface area contributed by atoms with Crippen LogP contribution in [0, 0.1) is 5.82 Å². The van der Waals surface area contributed by atoms with Gasteiger partial charge in [-0.15, -0.1) is 11.8 Å². The number of nitrogens with one attached hydrogen (secondary N) is 1. The number of rotatable bonds is 5. The van der Waals surface area contributed by atoms with Crippen molar-refractivity contribution >= 4 is 35.2 Å². The van der Waals surface area contributed by atoms with Crippen molar-refractivity contribution in [3.63, 3.8) is 0 Å². The number of anilines is 1. The van der Waals surface area contributed by atoms with E-state index in [1.54, 1.807) is 16.7 Å². The molecule has 0 unspecified atom stereocenters. The van der Waals surface area contributed by atoms with E-state index < -0.39 is 30.8 Å². The van der Waals surface area contributed by atoms with Crippen LogP contribution in [0.25, 0.3) is 0 Å². The Balaban J connectivity index is 1.53. The van der Waals surface area contributed by atoms with Crippen LogP contribution in [0.15, 0.2) is 53.4 Å². The van der Waals surface area contributed by atoms with Gasteiger partial charge in [0.2, 0.25) is 0 Å². The predicted molar refractivity (Wildman–Crippen MR) is 108 cm³/mol. The molecule has 0 fully saturated rings. The van der Waals surface area contributed by atoms with Gasteiger partial charge in [0.15, 0.2) is 6.61 Å². The molecule has 3 rings (SSSR count). The molecule has 2 aromatic carbocycles. The molecular formula is C21H21FN2O4S. The number of thioether (sulfide) groups is 1. The summed E-state index contributed by atoms with van der Waals surface area (Å²) in [6.07, 6.45) is 0.817. The van der Waals surface area contributed by atoms with E-state index in [-0.39, 0.29) is 11.5 Å². The number of carbonyl (C=O) groups is 3. The third-order valence-corrected chi connectivity index (χ3v) is 5.65. The fraction of sp³-hybridized carbons (Fsp3) is 0.286. The number of benzene rings is 2. The summed E-state index contributed by atoms with van der Waals surface area (Å²) in [6.45, 7) is 1.75. The summed E-state index contributed by atoms with van der Waals surface area (Å²) in [6, 6.07) is 13.1. The summed E-state index contributed by atoms with van der Waals surface area (Å²) >= 11 is 1.71. The summed E-state index contributed by atoms with van der Waals surface area (Å²) in [5, 5.41) is 2.66. The van der Waals surface area contributed by atoms with E-state index in [9.17, 15) is 18.8 Å². The van der Waals surface area contributed by atoms with Crippen molar-refractivity contribution in [2.24, 2.45) is 0 Å². The standard InChI is InChI=1S/C21H21FN2O4S/c1-14-10-11-24(17-8-4-5-9-18(17)29-14)19(25)13-28-20(26)12-23-21(27)15-6-2-3-7-16(15)22/h2-9,14H,10-13H2,1H3,(H,23,27)/t14-/m1/s1. The molecule has 1 aliphatic rings. The molecule has 1 aliphatic heterocycles. The summed E-state index contributed by atoms with van der Waals surface area (Å²) in [5.74, 6) is -2.51. The van der Waals surface area contributed by atoms with Gasteiger partial charge in [-0.3, -0.25) is 14.4 Å². The lowest BCUT2D eigenvalue weighted by Crippen LogP contribution is -2.37. The Morgan fingerprint density at radius 3 is 2.69 bits per heavy atom. The van der Waals surface area contributed by atoms with Crippen LogP contribution in [-0.4, -0.2) is 42.7 Å². The molecule has 152 valence electrons. The fourth-order valence-corrected chi connectivity index (χ4v) is 4.02. The number of carbonyl (C=O) groups excluding carboxylic acids is 3. The predicted octanol–water partition coefficient (Wildman–Crippen LogP) is 3.02. The first-order valence-electron chi connectivity index (χ1n) is 9.20. The van der Waals surface area contributed by atoms with E-state index in [0.717, 1.165) is 23.1 Å². The van der Waals surface area contributed by atoms with E-state index in [0.29, 0.717) is 11.8 Å². The summed E-state index contributed by atoms with van der Waals surface area (Å²) in [4.78, 5) is 39.1. The molecule has 1 heterocycles. The maximum Gasteiger partial charge on any atom is 0.325 e. The molecule has 0 radical (unpaired) electrons. The summed E-state index contributed by atoms with van der Waals surface area (Å²) < 4.78 is 18.6. The molecule has 8 heteroatoms. The second-order valence-corrected chi connectivity index (χ2v) is 8.03. The molecular weight excluding hydrogens is 395 g/mol. The van der Waals surface area contributed by atoms with Crippen molar-refractivity contribution in [2.45, 2.75) is 23.5 Å². The first-order valence-corrected chi connectivity index (χ1v) is 10.1. The van der Waals surface area contributed by atoms with Gasteiger partial charge in [0.05, 0.1) is 11.3 Å². The van der Waals surface area contributed by atoms with Gasteiger partial charge in [-0.05, 0) is 30.7 Å². The monoisotopic (exact) mass is 416 g/mol. The smallest absolute Gasteiger partial charge is 0.325 e. The third-order valence-electron chi connectivity index (χ3n) is 4.41. The van der Waals surface area contributed by atoms with E-state index in [2.05, 4.69) is 12.2 Å². The summed E-state index contributed by atoms with van der Waals surface area (Å²) in [7, 11) is 0. The van der Waals surface area contributed by atoms with Crippen LogP contribution < -0.4 is 10.2 Å². The Labute approximate surface area is 172 Å². The second-order valence-electron chi connectivity index (χ2n) is 6.55. The van der Waals surface area contributed by atoms with Crippen molar-refractivity contribution in [3.8, 4) is 0 Å². The number of esters is 1. The topological polar surface area (TPSA) is 75.7 Å². The molecule has 0 saturated carbocycles. The van der Waals surface area contributed by atoms with Gasteiger partial charge in [-0.1, -0.05) is 31.2 Å². The SMILES string of the molecule is C[C@@H]1CCN(C(=O)COC(=O)CNC(=O)c2ccccc2F)c2ccccc2S1. The minimum atomic E-state index is -0.770. The number of hydrogen-bond acceptors (Lipinski definition) is 5. The first-order chi connectivity index (χ1) is 14.0. The van der Waals surface area contributed by atoms with Crippen molar-refractivity contribution in [1.82, 2.24) is 5.32 Å². The first kappa shape index (κ1) is 20.9. The maximum absolute atomic E-state index is 13.6. The molecule has 6 nitrogen and oxygen atoms in total. The fourth-order valence-electron chi connectivity index (χ4n) is 2.91. The lowest BCUT2D eigenvalue weighted by Gasteiger charge is -2.22. The Morgan fingerprint density at radius 2 is 1.90 bits per heavy atom. The van der Waals surface area contributed by atoms with E-state index >= 15 is 0 Å². The number of para-hydroxylation sites is 1. The van der Waals surface area contributed by atoms with E-state index in [1.807, 2.05) is 24.3 Å². The van der Waals surface area contributed by atoms with Crippen LogP contribution in [0.3, 0.4) is 0 Å². The van der Waals surface area contributed by atoms with Gasteiger partial charge in [0.25, 0.3) is 11.8 Å². The Hall–Kier alpha value is -2.87. The van der Waals surface area contributed by atoms with Crippen LogP contribution in [0.1, 0.15) is 23.7 Å². The highest BCUT2D eigenvalue weighted by Crippen LogP contribution is 2.37. The second kappa shape index (κ2) is 9.56. The minimum Gasteiger partial charge on any atom is -0.454 e. The average molecular weight is 416 g/mol. The highest BCUT2D eigenvalue weighted by molar-refractivity contribution is 8.00. The van der Waals surface area contributed by atoms with Crippen LogP contribution in [0.2, 0.25) is 0 Å². The zero-order chi connectivity index (χ0) is 20.8. The number of hydrogen-bond donors (Lipinski definition) is 1. The van der Waals surface area contributed by atoms with Gasteiger partial charge in [0.1, 0.15) is 12.4 Å². The quantitative estimate of drug-likeness (QED) is 0.759. The van der Waals surface area contributed by atoms with Crippen LogP contribution >= 0.6 is 11.8 Å². The molecule has 0 saturated heterocycles. The van der Waals surface area contributed by atoms with Crippen LogP contribution in [0.4, 0.5) is 10.1 Å². The molecule has 0 aromatic heterocycles. The van der Waals surface area contributed by atoms with Crippen molar-refractivity contribution in [1.29, 1.82) is 0 Å². The number of amides is 2. The molecule has 0 aliphatic carbocycles. The molecule has 0 bridgehead atoms. The average Bonchev–Trinajstić information content (AvgIpc) is 2.88. The zero-order valence-corrected chi connectivity index (χ0v) is 16.7. The van der Waals surface area contributed by atoms with Gasteiger partial charge in [0, 0.05) is 16.7 Å². The third kappa shape index (κ3) is 5.35. The van der Waals surface area contributed by atoms with E-state index in [4.69, 9.17) is 4.74 Å². The highest BCUT2D eigenvalue weighted by Gasteiger charge is 2.25. The van der Waals surface area contributed by atoms with Gasteiger partial charge in [-0.2, -0.15) is 0 Å². The van der Waals surface area contributed by atoms with Crippen LogP contribution in [-0.2, 0) is 14.3 Å². The number of ether oxygens (including phenoxy) is 1. The zero-order valence-electron chi connectivity index (χ0n) is 15.9. The van der Waals surface area contributed by atoms with Gasteiger partial charge >= 0.3 is 5.97 Å². The largest absolute Gasteiger partial charge is 0.454 e. The lowest BCUT2D eigenvalue weighted by molar-refractivity contribution is -0.146. The number of halogens is 1. The van der Waals surface area contributed by atoms with Crippen molar-refractivity contribution < 1.29 is 23.5 Å². The number of fused-ring (bicyclic) bond motifs is 1. The molecule has 0 spiro atoms. The van der Waals surface area contributed by atoms with Crippen molar-refractivity contribution in [3.05, 3.63) is 59.9 Å². The molecule has 1 atom stereocenters. The van der Waals surface area contributed by atoms with E-state index in [1.165, 1.54) is 18.2 Å². The minimum absolute atomic E-state index is 0.163. The normalized spacial score (nSPS) is 15.8. The number of nitrogens with zero attached hydrogens (tertiary/aromatic N) is 1. The maximum atomic E-state index is 13.6. The Morgan fingerprint density at radius 1 is 1.17 bits per heavy atom.